The molecule has 21 heavy (non-hydrogen) atoms. The van der Waals surface area contributed by atoms with Crippen molar-refractivity contribution in [3.8, 4) is 0 Å². The molecule has 4 nitrogen and oxygen atoms in total. The first-order chi connectivity index (χ1) is 9.99. The van der Waals surface area contributed by atoms with Gasteiger partial charge in [-0.05, 0) is 24.1 Å². The van der Waals surface area contributed by atoms with E-state index in [4.69, 9.17) is 17.3 Å². The van der Waals surface area contributed by atoms with Crippen molar-refractivity contribution in [1.29, 1.82) is 0 Å². The van der Waals surface area contributed by atoms with Crippen LogP contribution >= 0.6 is 11.6 Å². The summed E-state index contributed by atoms with van der Waals surface area (Å²) in [5.41, 5.74) is 8.52. The van der Waals surface area contributed by atoms with Crippen LogP contribution in [0, 0.1) is 12.8 Å². The van der Waals surface area contributed by atoms with E-state index in [0.29, 0.717) is 10.8 Å². The minimum Gasteiger partial charge on any atom is -0.324 e. The number of anilines is 1. The van der Waals surface area contributed by atoms with E-state index in [1.807, 2.05) is 44.2 Å². The van der Waals surface area contributed by atoms with E-state index in [1.54, 1.807) is 6.07 Å². The lowest BCUT2D eigenvalue weighted by Gasteiger charge is -2.20. The van der Waals surface area contributed by atoms with Gasteiger partial charge in [-0.1, -0.05) is 48.9 Å². The predicted molar refractivity (Wildman–Crippen MR) is 85.1 cm³/mol. The maximum atomic E-state index is 12.3. The van der Waals surface area contributed by atoms with E-state index >= 15 is 0 Å². The molecule has 0 aliphatic heterocycles. The third kappa shape index (κ3) is 3.80. The van der Waals surface area contributed by atoms with Gasteiger partial charge in [-0.2, -0.15) is 0 Å². The van der Waals surface area contributed by atoms with Crippen molar-refractivity contribution in [3.63, 3.8) is 0 Å². The fourth-order valence-electron chi connectivity index (χ4n) is 2.01. The van der Waals surface area contributed by atoms with Gasteiger partial charge >= 0.3 is 0 Å². The zero-order valence-corrected chi connectivity index (χ0v) is 12.8. The molecule has 1 amide bonds. The van der Waals surface area contributed by atoms with E-state index in [2.05, 4.69) is 10.3 Å². The van der Waals surface area contributed by atoms with Crippen molar-refractivity contribution in [2.45, 2.75) is 19.9 Å². The number of hydrogen-bond donors (Lipinski definition) is 2. The van der Waals surface area contributed by atoms with E-state index in [-0.39, 0.29) is 17.9 Å². The smallest absolute Gasteiger partial charge is 0.229 e. The summed E-state index contributed by atoms with van der Waals surface area (Å²) in [7, 11) is 0. The molecular formula is C16H18ClN3O. The van der Waals surface area contributed by atoms with Crippen molar-refractivity contribution < 1.29 is 4.79 Å². The largest absolute Gasteiger partial charge is 0.324 e. The highest BCUT2D eigenvalue weighted by atomic mass is 35.5. The van der Waals surface area contributed by atoms with Crippen molar-refractivity contribution in [1.82, 2.24) is 4.98 Å². The average molecular weight is 304 g/mol. The second kappa shape index (κ2) is 6.70. The summed E-state index contributed by atoms with van der Waals surface area (Å²) in [6.07, 6.45) is 1.54. The molecule has 2 rings (SSSR count). The Balaban J connectivity index is 2.07. The summed E-state index contributed by atoms with van der Waals surface area (Å²) in [4.78, 5) is 16.3. The predicted octanol–water partition coefficient (Wildman–Crippen LogP) is 3.32. The van der Waals surface area contributed by atoms with Crippen LogP contribution in [0.25, 0.3) is 0 Å². The SMILES string of the molecule is Cc1cc(NC(=O)C(C)C(N)c2ccccc2)cnc1Cl. The molecule has 2 aromatic rings. The van der Waals surface area contributed by atoms with Crippen LogP contribution < -0.4 is 11.1 Å². The summed E-state index contributed by atoms with van der Waals surface area (Å²) < 4.78 is 0. The third-order valence-electron chi connectivity index (χ3n) is 3.42. The van der Waals surface area contributed by atoms with Crippen LogP contribution in [0.3, 0.4) is 0 Å². The maximum absolute atomic E-state index is 12.3. The van der Waals surface area contributed by atoms with Gasteiger partial charge in [-0.25, -0.2) is 4.98 Å². The topological polar surface area (TPSA) is 68.0 Å². The molecule has 110 valence electrons. The van der Waals surface area contributed by atoms with Crippen LogP contribution in [0.2, 0.25) is 5.15 Å². The zero-order chi connectivity index (χ0) is 15.4. The van der Waals surface area contributed by atoms with Crippen molar-refractivity contribution in [2.24, 2.45) is 11.7 Å². The van der Waals surface area contributed by atoms with Gasteiger partial charge in [-0.15, -0.1) is 0 Å². The number of nitrogens with two attached hydrogens (primary N) is 1. The molecule has 0 fully saturated rings. The van der Waals surface area contributed by atoms with Gasteiger partial charge in [-0.3, -0.25) is 4.79 Å². The van der Waals surface area contributed by atoms with Crippen molar-refractivity contribution in [2.75, 3.05) is 5.32 Å². The molecule has 5 heteroatoms. The number of carbonyl (C=O) groups excluding carboxylic acids is 1. The Kier molecular flexibility index (Phi) is 4.94. The Morgan fingerprint density at radius 3 is 2.62 bits per heavy atom. The van der Waals surface area contributed by atoms with E-state index < -0.39 is 0 Å². The molecule has 0 bridgehead atoms. The van der Waals surface area contributed by atoms with Gasteiger partial charge < -0.3 is 11.1 Å². The Bertz CT molecular complexity index is 631. The van der Waals surface area contributed by atoms with Crippen molar-refractivity contribution in [3.05, 3.63) is 58.9 Å². The van der Waals surface area contributed by atoms with Crippen LogP contribution in [-0.2, 0) is 4.79 Å². The number of hydrogen-bond acceptors (Lipinski definition) is 3. The van der Waals surface area contributed by atoms with Crippen LogP contribution in [0.5, 0.6) is 0 Å². The lowest BCUT2D eigenvalue weighted by Crippen LogP contribution is -2.30. The second-order valence-electron chi connectivity index (χ2n) is 5.05. The summed E-state index contributed by atoms with van der Waals surface area (Å²) in [6.45, 7) is 3.65. The van der Waals surface area contributed by atoms with Crippen LogP contribution in [-0.4, -0.2) is 10.9 Å². The molecule has 0 saturated carbocycles. The fourth-order valence-corrected chi connectivity index (χ4v) is 2.11. The third-order valence-corrected chi connectivity index (χ3v) is 3.81. The van der Waals surface area contributed by atoms with Gasteiger partial charge in [0.1, 0.15) is 5.15 Å². The molecule has 2 atom stereocenters. The monoisotopic (exact) mass is 303 g/mol. The second-order valence-corrected chi connectivity index (χ2v) is 5.40. The number of aromatic nitrogens is 1. The fraction of sp³-hybridized carbons (Fsp3) is 0.250. The first-order valence-corrected chi connectivity index (χ1v) is 7.10. The molecule has 1 aromatic heterocycles. The van der Waals surface area contributed by atoms with Gasteiger partial charge in [0.15, 0.2) is 0 Å². The standard InChI is InChI=1S/C16H18ClN3O/c1-10-8-13(9-19-15(10)17)20-16(21)11(2)14(18)12-6-4-3-5-7-12/h3-9,11,14H,18H2,1-2H3,(H,20,21). The number of nitrogens with one attached hydrogen (secondary N) is 1. The minimum atomic E-state index is -0.358. The van der Waals surface area contributed by atoms with Gasteiger partial charge in [0.2, 0.25) is 5.91 Å². The Morgan fingerprint density at radius 2 is 2.00 bits per heavy atom. The van der Waals surface area contributed by atoms with E-state index in [9.17, 15) is 4.79 Å². The highest BCUT2D eigenvalue weighted by molar-refractivity contribution is 6.30. The molecule has 0 spiro atoms. The molecule has 1 heterocycles. The highest BCUT2D eigenvalue weighted by Crippen LogP contribution is 2.22. The number of nitrogens with zero attached hydrogens (tertiary/aromatic N) is 1. The average Bonchev–Trinajstić information content (AvgIpc) is 2.50. The number of carbonyl (C=O) groups is 1. The van der Waals surface area contributed by atoms with Crippen LogP contribution in [0.15, 0.2) is 42.6 Å². The summed E-state index contributed by atoms with van der Waals surface area (Å²) in [5, 5.41) is 3.25. The number of pyridine rings is 1. The first kappa shape index (κ1) is 15.5. The van der Waals surface area contributed by atoms with Crippen LogP contribution in [0.1, 0.15) is 24.1 Å². The summed E-state index contributed by atoms with van der Waals surface area (Å²) >= 11 is 5.87. The van der Waals surface area contributed by atoms with Crippen LogP contribution in [0.4, 0.5) is 5.69 Å². The molecule has 1 aromatic carbocycles. The van der Waals surface area contributed by atoms with E-state index in [0.717, 1.165) is 11.1 Å². The molecule has 0 radical (unpaired) electrons. The zero-order valence-electron chi connectivity index (χ0n) is 12.0. The van der Waals surface area contributed by atoms with Crippen molar-refractivity contribution >= 4 is 23.2 Å². The van der Waals surface area contributed by atoms with E-state index in [1.165, 1.54) is 6.20 Å². The normalized spacial score (nSPS) is 13.5. The van der Waals surface area contributed by atoms with Gasteiger partial charge in [0.05, 0.1) is 17.8 Å². The minimum absolute atomic E-state index is 0.144. The molecule has 0 saturated heterocycles. The molecular weight excluding hydrogens is 286 g/mol. The highest BCUT2D eigenvalue weighted by Gasteiger charge is 2.22. The molecule has 0 aliphatic carbocycles. The number of halogens is 1. The molecule has 2 unspecified atom stereocenters. The lowest BCUT2D eigenvalue weighted by molar-refractivity contribution is -0.120. The number of benzene rings is 1. The lowest BCUT2D eigenvalue weighted by atomic mass is 9.94. The van der Waals surface area contributed by atoms with Gasteiger partial charge in [0, 0.05) is 6.04 Å². The number of aryl methyl sites for hydroxylation is 1. The van der Waals surface area contributed by atoms with Gasteiger partial charge in [0.25, 0.3) is 0 Å². The maximum Gasteiger partial charge on any atom is 0.229 e. The first-order valence-electron chi connectivity index (χ1n) is 6.72. The molecule has 0 aliphatic rings. The number of amides is 1. The Labute approximate surface area is 129 Å². The summed E-state index contributed by atoms with van der Waals surface area (Å²) in [6, 6.07) is 11.0. The molecule has 3 N–H and O–H groups in total. The summed E-state index contributed by atoms with van der Waals surface area (Å²) in [5.74, 6) is -0.502. The quantitative estimate of drug-likeness (QED) is 0.851. The Hall–Kier alpha value is -1.91. The Morgan fingerprint density at radius 1 is 1.33 bits per heavy atom. The number of rotatable bonds is 4.